The highest BCUT2D eigenvalue weighted by Crippen LogP contribution is 2.52. The summed E-state index contributed by atoms with van der Waals surface area (Å²) >= 11 is 0. The molecule has 2 aliphatic rings. The molecular weight excluding hydrogens is 188 g/mol. The van der Waals surface area contributed by atoms with Crippen molar-refractivity contribution in [1.82, 2.24) is 0 Å². The third-order valence-electron chi connectivity index (χ3n) is 4.57. The Morgan fingerprint density at radius 1 is 1.27 bits per heavy atom. The lowest BCUT2D eigenvalue weighted by atomic mass is 9.60. The minimum absolute atomic E-state index is 0.0577. The molecule has 1 saturated carbocycles. The molecule has 86 valence electrons. The third kappa shape index (κ3) is 1.58. The first-order valence-corrected chi connectivity index (χ1v) is 6.07. The standard InChI is InChI=1S/C13H22O2/c1-9-13(11(14)15-9)7-5-10(6-8-13)12(2,3)4/h9-10H,5-8H2,1-4H3/t9-,10?,13?/m0/s1. The van der Waals surface area contributed by atoms with E-state index in [1.54, 1.807) is 0 Å². The number of carbonyl (C=O) groups excluding carboxylic acids is 1. The molecule has 2 fully saturated rings. The summed E-state index contributed by atoms with van der Waals surface area (Å²) in [7, 11) is 0. The van der Waals surface area contributed by atoms with Crippen LogP contribution in [-0.4, -0.2) is 12.1 Å². The van der Waals surface area contributed by atoms with Gasteiger partial charge in [0.25, 0.3) is 0 Å². The molecule has 0 aromatic rings. The van der Waals surface area contributed by atoms with Crippen LogP contribution < -0.4 is 0 Å². The zero-order valence-electron chi connectivity index (χ0n) is 10.3. The number of ether oxygens (including phenoxy) is 1. The topological polar surface area (TPSA) is 26.3 Å². The quantitative estimate of drug-likeness (QED) is 0.574. The SMILES string of the molecule is C[C@@H]1OC(=O)C12CCC(C(C)(C)C)CC2. The van der Waals surface area contributed by atoms with Crippen molar-refractivity contribution in [3.05, 3.63) is 0 Å². The lowest BCUT2D eigenvalue weighted by Crippen LogP contribution is -2.57. The van der Waals surface area contributed by atoms with Crippen LogP contribution in [0, 0.1) is 16.7 Å². The lowest BCUT2D eigenvalue weighted by molar-refractivity contribution is -0.211. The van der Waals surface area contributed by atoms with Crippen LogP contribution in [0.4, 0.5) is 0 Å². The maximum Gasteiger partial charge on any atom is 0.316 e. The van der Waals surface area contributed by atoms with Crippen molar-refractivity contribution < 1.29 is 9.53 Å². The van der Waals surface area contributed by atoms with Gasteiger partial charge in [0, 0.05) is 0 Å². The van der Waals surface area contributed by atoms with E-state index < -0.39 is 0 Å². The zero-order valence-corrected chi connectivity index (χ0v) is 10.3. The van der Waals surface area contributed by atoms with Gasteiger partial charge >= 0.3 is 5.97 Å². The summed E-state index contributed by atoms with van der Waals surface area (Å²) in [6, 6.07) is 0. The lowest BCUT2D eigenvalue weighted by Gasteiger charge is -2.50. The molecule has 1 atom stereocenters. The highest BCUT2D eigenvalue weighted by atomic mass is 16.6. The van der Waals surface area contributed by atoms with Gasteiger partial charge in [-0.1, -0.05) is 20.8 Å². The van der Waals surface area contributed by atoms with Crippen molar-refractivity contribution >= 4 is 5.97 Å². The van der Waals surface area contributed by atoms with Crippen molar-refractivity contribution in [2.24, 2.45) is 16.7 Å². The largest absolute Gasteiger partial charge is 0.461 e. The van der Waals surface area contributed by atoms with Crippen molar-refractivity contribution in [2.75, 3.05) is 0 Å². The molecule has 1 aliphatic carbocycles. The molecule has 0 aromatic carbocycles. The molecular formula is C13H22O2. The molecule has 0 N–H and O–H groups in total. The fraction of sp³-hybridized carbons (Fsp3) is 0.923. The molecule has 2 heteroatoms. The smallest absolute Gasteiger partial charge is 0.316 e. The number of hydrogen-bond donors (Lipinski definition) is 0. The van der Waals surface area contributed by atoms with Crippen LogP contribution >= 0.6 is 0 Å². The molecule has 1 heterocycles. The summed E-state index contributed by atoms with van der Waals surface area (Å²) in [5.74, 6) is 0.825. The van der Waals surface area contributed by atoms with Gasteiger partial charge in [0.15, 0.2) is 0 Å². The van der Waals surface area contributed by atoms with Gasteiger partial charge in [0.2, 0.25) is 0 Å². The minimum Gasteiger partial charge on any atom is -0.461 e. The molecule has 0 amide bonds. The summed E-state index contributed by atoms with van der Waals surface area (Å²) in [5.41, 5.74) is 0.292. The van der Waals surface area contributed by atoms with E-state index in [-0.39, 0.29) is 17.5 Å². The summed E-state index contributed by atoms with van der Waals surface area (Å²) in [6.07, 6.45) is 4.60. The first-order valence-electron chi connectivity index (χ1n) is 6.07. The number of hydrogen-bond acceptors (Lipinski definition) is 2. The van der Waals surface area contributed by atoms with Gasteiger partial charge < -0.3 is 4.74 Å². The Balaban J connectivity index is 2.01. The minimum atomic E-state index is -0.0955. The van der Waals surface area contributed by atoms with Gasteiger partial charge in [0.05, 0.1) is 0 Å². The molecule has 1 saturated heterocycles. The molecule has 0 radical (unpaired) electrons. The van der Waals surface area contributed by atoms with Crippen LogP contribution in [0.5, 0.6) is 0 Å². The van der Waals surface area contributed by atoms with Gasteiger partial charge in [-0.05, 0) is 43.9 Å². The van der Waals surface area contributed by atoms with E-state index in [9.17, 15) is 4.79 Å². The number of rotatable bonds is 0. The Morgan fingerprint density at radius 2 is 1.80 bits per heavy atom. The molecule has 0 unspecified atom stereocenters. The van der Waals surface area contributed by atoms with Crippen LogP contribution in [0.1, 0.15) is 53.4 Å². The van der Waals surface area contributed by atoms with E-state index in [4.69, 9.17) is 4.74 Å². The van der Waals surface area contributed by atoms with Crippen molar-refractivity contribution in [1.29, 1.82) is 0 Å². The normalized spacial score (nSPS) is 41.2. The van der Waals surface area contributed by atoms with E-state index in [0.717, 1.165) is 18.8 Å². The second-order valence-electron chi connectivity index (χ2n) is 6.34. The predicted octanol–water partition coefficient (Wildman–Crippen LogP) is 3.15. The molecule has 1 aliphatic heterocycles. The van der Waals surface area contributed by atoms with Crippen molar-refractivity contribution in [2.45, 2.75) is 59.5 Å². The van der Waals surface area contributed by atoms with E-state index >= 15 is 0 Å². The Labute approximate surface area is 92.4 Å². The van der Waals surface area contributed by atoms with E-state index in [1.165, 1.54) is 12.8 Å². The first-order chi connectivity index (χ1) is 6.86. The van der Waals surface area contributed by atoms with Crippen molar-refractivity contribution in [3.8, 4) is 0 Å². The Bertz CT molecular complexity index is 267. The van der Waals surface area contributed by atoms with Gasteiger partial charge in [-0.2, -0.15) is 0 Å². The molecule has 2 rings (SSSR count). The second-order valence-corrected chi connectivity index (χ2v) is 6.34. The monoisotopic (exact) mass is 210 g/mol. The number of cyclic esters (lactones) is 1. The number of carbonyl (C=O) groups is 1. The maximum absolute atomic E-state index is 11.6. The molecule has 0 aromatic heterocycles. The van der Waals surface area contributed by atoms with Crippen LogP contribution in [0.3, 0.4) is 0 Å². The summed E-state index contributed by atoms with van der Waals surface area (Å²) in [6.45, 7) is 8.95. The van der Waals surface area contributed by atoms with Crippen molar-refractivity contribution in [3.63, 3.8) is 0 Å². The van der Waals surface area contributed by atoms with E-state index in [2.05, 4.69) is 20.8 Å². The molecule has 15 heavy (non-hydrogen) atoms. The van der Waals surface area contributed by atoms with Gasteiger partial charge in [0.1, 0.15) is 11.5 Å². The highest BCUT2D eigenvalue weighted by Gasteiger charge is 2.57. The average Bonchev–Trinajstić information content (AvgIpc) is 2.17. The van der Waals surface area contributed by atoms with Crippen LogP contribution in [0.2, 0.25) is 0 Å². The third-order valence-corrected chi connectivity index (χ3v) is 4.57. The molecule has 2 nitrogen and oxygen atoms in total. The highest BCUT2D eigenvalue weighted by molar-refractivity contribution is 5.83. The molecule has 1 spiro atoms. The Kier molecular flexibility index (Phi) is 2.36. The second kappa shape index (κ2) is 3.23. The Morgan fingerprint density at radius 3 is 2.13 bits per heavy atom. The maximum atomic E-state index is 11.6. The van der Waals surface area contributed by atoms with Gasteiger partial charge in [-0.25, -0.2) is 0 Å². The van der Waals surface area contributed by atoms with Gasteiger partial charge in [-0.3, -0.25) is 4.79 Å². The predicted molar refractivity (Wildman–Crippen MR) is 59.4 cm³/mol. The Hall–Kier alpha value is -0.530. The summed E-state index contributed by atoms with van der Waals surface area (Å²) in [4.78, 5) is 11.6. The number of esters is 1. The van der Waals surface area contributed by atoms with Gasteiger partial charge in [-0.15, -0.1) is 0 Å². The summed E-state index contributed by atoms with van der Waals surface area (Å²) in [5, 5.41) is 0. The summed E-state index contributed by atoms with van der Waals surface area (Å²) < 4.78 is 5.11. The zero-order chi connectivity index (χ0) is 11.3. The average molecular weight is 210 g/mol. The fourth-order valence-electron chi connectivity index (χ4n) is 3.11. The first kappa shape index (κ1) is 11.0. The van der Waals surface area contributed by atoms with Crippen LogP contribution in [-0.2, 0) is 9.53 Å². The van der Waals surface area contributed by atoms with E-state index in [0.29, 0.717) is 5.41 Å². The van der Waals surface area contributed by atoms with Crippen LogP contribution in [0.25, 0.3) is 0 Å². The van der Waals surface area contributed by atoms with E-state index in [1.807, 2.05) is 6.92 Å². The fourth-order valence-corrected chi connectivity index (χ4v) is 3.11. The van der Waals surface area contributed by atoms with Crippen LogP contribution in [0.15, 0.2) is 0 Å². The molecule has 0 bridgehead atoms.